The summed E-state index contributed by atoms with van der Waals surface area (Å²) < 4.78 is 32.3. The molecule has 3 amide bonds. The van der Waals surface area contributed by atoms with E-state index in [2.05, 4.69) is 72.2 Å². The molecule has 0 saturated carbocycles. The van der Waals surface area contributed by atoms with Gasteiger partial charge in [0.2, 0.25) is 0 Å². The molecule has 4 aliphatic rings. The number of carbonyl (C=O) groups excluding carboxylic acids is 3. The van der Waals surface area contributed by atoms with Gasteiger partial charge in [-0.2, -0.15) is 0 Å². The second kappa shape index (κ2) is 21.4. The van der Waals surface area contributed by atoms with E-state index in [1.165, 1.54) is 16.3 Å². The lowest BCUT2D eigenvalue weighted by Crippen LogP contribution is -2.64. The van der Waals surface area contributed by atoms with Crippen LogP contribution in [-0.2, 0) is 52.7 Å². The monoisotopic (exact) mass is 943 g/mol. The van der Waals surface area contributed by atoms with Gasteiger partial charge in [-0.3, -0.25) is 24.5 Å². The summed E-state index contributed by atoms with van der Waals surface area (Å²) in [5.41, 5.74) is 10.6. The van der Waals surface area contributed by atoms with E-state index >= 15 is 0 Å². The Morgan fingerprint density at radius 1 is 1.07 bits per heavy atom. The third-order valence-corrected chi connectivity index (χ3v) is 14.9. The Balaban J connectivity index is 1.25. The van der Waals surface area contributed by atoms with Crippen LogP contribution in [0.3, 0.4) is 0 Å². The van der Waals surface area contributed by atoms with Crippen LogP contribution in [0.25, 0.3) is 33.4 Å². The number of methoxy groups -OCH3 is 2. The number of fused-ring (bicyclic) bond motifs is 6. The lowest BCUT2D eigenvalue weighted by atomic mass is 9.84. The summed E-state index contributed by atoms with van der Waals surface area (Å²) in [5, 5.41) is 8.10. The topological polar surface area (TPSA) is 162 Å². The van der Waals surface area contributed by atoms with Gasteiger partial charge >= 0.3 is 12.0 Å². The van der Waals surface area contributed by atoms with Crippen LogP contribution in [0.15, 0.2) is 35.8 Å². The number of thiazole rings is 1. The number of esters is 1. The predicted octanol–water partition coefficient (Wildman–Crippen LogP) is 6.71. The van der Waals surface area contributed by atoms with E-state index in [0.717, 1.165) is 95.8 Å². The highest BCUT2D eigenvalue weighted by molar-refractivity contribution is 7.10. The van der Waals surface area contributed by atoms with E-state index in [4.69, 9.17) is 33.7 Å². The van der Waals surface area contributed by atoms with Crippen LogP contribution in [0.2, 0.25) is 0 Å². The standard InChI is InChI=1S/C50H70N8O8S/c1-9-55-21-22-64-28-34(55)16-14-32-23-37(42(51-26-32)31(4)63-8)44-38-25-50(5,6)30-66-48(60)39-13-12-19-58(54-39)47(59)43(53-49(61)57-20-18-35(57)27-62-7)45(65-11-3)46-52-40(29-67-46)33-15-17-41(36(38)24-33)56(44)10-2/h15,17,23-24,26,29,31,34-35,39,43,45,54H,9-14,16,18-22,25,27-28,30H2,1-8H3,(H,53,61)/t31-,34-,35-,39-,43-,45-/m0/s1. The minimum absolute atomic E-state index is 0.0975. The largest absolute Gasteiger partial charge is 0.464 e. The number of likely N-dealkylation sites (N-methyl/N-ethyl adjacent to an activating group) is 1. The highest BCUT2D eigenvalue weighted by Gasteiger charge is 2.42. The molecule has 3 aromatic heterocycles. The average Bonchev–Trinajstić information content (AvgIpc) is 3.94. The summed E-state index contributed by atoms with van der Waals surface area (Å²) in [6.45, 7) is 18.4. The van der Waals surface area contributed by atoms with Crippen LogP contribution >= 0.6 is 11.3 Å². The van der Waals surface area contributed by atoms with Gasteiger partial charge in [0.05, 0.1) is 55.7 Å². The molecule has 4 aliphatic heterocycles. The molecule has 6 atom stereocenters. The first-order chi connectivity index (χ1) is 32.4. The number of ether oxygens (including phenoxy) is 5. The Morgan fingerprint density at radius 2 is 1.91 bits per heavy atom. The molecule has 0 spiro atoms. The molecule has 8 rings (SSSR count). The van der Waals surface area contributed by atoms with Gasteiger partial charge in [0.15, 0.2) is 0 Å². The third-order valence-electron chi connectivity index (χ3n) is 14.0. The van der Waals surface area contributed by atoms with Crippen LogP contribution in [0.1, 0.15) is 101 Å². The summed E-state index contributed by atoms with van der Waals surface area (Å²) >= 11 is 1.39. The number of morpholine rings is 1. The van der Waals surface area contributed by atoms with Crippen molar-refractivity contribution in [3.63, 3.8) is 0 Å². The Kier molecular flexibility index (Phi) is 15.7. The molecule has 364 valence electrons. The van der Waals surface area contributed by atoms with Gasteiger partial charge in [-0.1, -0.05) is 26.8 Å². The quantitative estimate of drug-likeness (QED) is 0.137. The second-order valence-electron chi connectivity index (χ2n) is 19.1. The Morgan fingerprint density at radius 3 is 2.64 bits per heavy atom. The molecule has 2 N–H and O–H groups in total. The molecule has 6 bridgehead atoms. The number of hydrogen-bond acceptors (Lipinski definition) is 13. The fourth-order valence-electron chi connectivity index (χ4n) is 10.2. The van der Waals surface area contributed by atoms with Crippen molar-refractivity contribution < 1.29 is 38.1 Å². The molecule has 0 unspecified atom stereocenters. The Hall–Kier alpha value is -4.49. The summed E-state index contributed by atoms with van der Waals surface area (Å²) in [7, 11) is 3.34. The van der Waals surface area contributed by atoms with Crippen molar-refractivity contribution in [2.75, 3.05) is 73.4 Å². The van der Waals surface area contributed by atoms with Gasteiger partial charge in [0.25, 0.3) is 5.91 Å². The van der Waals surface area contributed by atoms with E-state index in [0.29, 0.717) is 56.6 Å². The smallest absolute Gasteiger partial charge is 0.324 e. The first-order valence-corrected chi connectivity index (χ1v) is 25.1. The molecule has 0 radical (unpaired) electrons. The molecule has 17 heteroatoms. The van der Waals surface area contributed by atoms with Crippen LogP contribution in [0.5, 0.6) is 0 Å². The Bertz CT molecular complexity index is 2390. The maximum absolute atomic E-state index is 14.7. The van der Waals surface area contributed by atoms with Gasteiger partial charge < -0.3 is 38.5 Å². The van der Waals surface area contributed by atoms with Crippen molar-refractivity contribution in [1.82, 2.24) is 40.1 Å². The van der Waals surface area contributed by atoms with E-state index in [-0.39, 0.29) is 31.4 Å². The van der Waals surface area contributed by atoms with Gasteiger partial charge in [0.1, 0.15) is 23.2 Å². The molecule has 4 aromatic rings. The Labute approximate surface area is 399 Å². The number of aromatic nitrogens is 3. The number of cyclic esters (lactones) is 1. The number of amides is 3. The number of rotatable bonds is 13. The number of nitrogens with zero attached hydrogens (tertiary/aromatic N) is 6. The van der Waals surface area contributed by atoms with E-state index in [9.17, 15) is 14.4 Å². The van der Waals surface area contributed by atoms with Gasteiger partial charge in [-0.25, -0.2) is 15.2 Å². The zero-order valence-electron chi connectivity index (χ0n) is 40.6. The zero-order chi connectivity index (χ0) is 47.4. The fraction of sp³-hybridized carbons (Fsp3) is 0.620. The summed E-state index contributed by atoms with van der Waals surface area (Å²) in [6, 6.07) is 6.74. The molecule has 3 fully saturated rings. The third kappa shape index (κ3) is 10.4. The summed E-state index contributed by atoms with van der Waals surface area (Å²) in [4.78, 5) is 57.2. The molecule has 7 heterocycles. The average molecular weight is 943 g/mol. The van der Waals surface area contributed by atoms with Crippen LogP contribution in [-0.4, -0.2) is 145 Å². The van der Waals surface area contributed by atoms with Crippen molar-refractivity contribution in [3.8, 4) is 22.5 Å². The lowest BCUT2D eigenvalue weighted by molar-refractivity contribution is -0.156. The van der Waals surface area contributed by atoms with Crippen LogP contribution in [0, 0.1) is 5.41 Å². The summed E-state index contributed by atoms with van der Waals surface area (Å²) in [6.07, 6.45) is 5.06. The molecule has 1 aromatic carbocycles. The van der Waals surface area contributed by atoms with E-state index in [1.54, 1.807) is 19.1 Å². The van der Waals surface area contributed by atoms with Crippen molar-refractivity contribution in [2.45, 2.75) is 123 Å². The predicted molar refractivity (Wildman–Crippen MR) is 258 cm³/mol. The van der Waals surface area contributed by atoms with Gasteiger partial charge in [-0.15, -0.1) is 11.3 Å². The maximum atomic E-state index is 14.7. The minimum Gasteiger partial charge on any atom is -0.464 e. The van der Waals surface area contributed by atoms with Crippen molar-refractivity contribution in [1.29, 1.82) is 0 Å². The van der Waals surface area contributed by atoms with E-state index < -0.39 is 35.5 Å². The number of aryl methyl sites for hydroxylation is 2. The number of pyridine rings is 1. The van der Waals surface area contributed by atoms with Crippen LogP contribution in [0.4, 0.5) is 4.79 Å². The van der Waals surface area contributed by atoms with Crippen LogP contribution < -0.4 is 10.7 Å². The van der Waals surface area contributed by atoms with E-state index in [1.807, 2.05) is 25.4 Å². The molecule has 3 saturated heterocycles. The van der Waals surface area contributed by atoms with Crippen molar-refractivity contribution in [2.24, 2.45) is 5.41 Å². The van der Waals surface area contributed by atoms with Crippen molar-refractivity contribution >= 4 is 40.1 Å². The zero-order valence-corrected chi connectivity index (χ0v) is 41.4. The normalized spacial score (nSPS) is 24.3. The SMILES string of the molecule is CCO[C@@H]1c2nc(cs2)-c2ccc3c(c2)c(c(-c2cc(CC[C@H]4COCCN4CC)cnc2[C@H](C)OC)n3CC)CC(C)(C)COC(=O)[C@@H]2CCCN(N2)C(=O)[C@H]1NC(=O)N1CC[C@H]1COC. The number of benzene rings is 1. The number of carbonyl (C=O) groups is 3. The fourth-order valence-corrected chi connectivity index (χ4v) is 11.1. The highest BCUT2D eigenvalue weighted by Crippen LogP contribution is 2.43. The number of hydrazine groups is 1. The molecular formula is C50H70N8O8S. The van der Waals surface area contributed by atoms with Gasteiger partial charge in [-0.05, 0) is 95.2 Å². The molecule has 0 aliphatic carbocycles. The number of hydrogen-bond donors (Lipinski definition) is 2. The first-order valence-electron chi connectivity index (χ1n) is 24.2. The lowest BCUT2D eigenvalue weighted by Gasteiger charge is -2.42. The second-order valence-corrected chi connectivity index (χ2v) is 20.0. The highest BCUT2D eigenvalue weighted by atomic mass is 32.1. The molecule has 67 heavy (non-hydrogen) atoms. The molecule has 16 nitrogen and oxygen atoms in total. The molecular weight excluding hydrogens is 873 g/mol. The number of urea groups is 1. The number of likely N-dealkylation sites (tertiary alicyclic amines) is 1. The maximum Gasteiger partial charge on any atom is 0.324 e. The first kappa shape index (κ1) is 48.9. The van der Waals surface area contributed by atoms with Gasteiger partial charge in [0, 0.05) is 92.1 Å². The number of nitrogens with one attached hydrogen (secondary N) is 2. The summed E-state index contributed by atoms with van der Waals surface area (Å²) in [5.74, 6) is -0.852. The minimum atomic E-state index is -1.15. The van der Waals surface area contributed by atoms with Crippen molar-refractivity contribution in [3.05, 3.63) is 57.7 Å².